The van der Waals surface area contributed by atoms with E-state index in [0.29, 0.717) is 28.9 Å². The van der Waals surface area contributed by atoms with E-state index >= 15 is 0 Å². The van der Waals surface area contributed by atoms with Crippen molar-refractivity contribution in [1.82, 2.24) is 4.57 Å². The SMILES string of the molecule is CCn1c2ccc(C(=O)/C(CCSc3ccc(C)cc3)=N/OC(=O)Sc3ccccc3)cc2c2cc(C(=O)c3ccccc3C)ccc21. The number of hydrogen-bond acceptors (Lipinski definition) is 7. The van der Waals surface area contributed by atoms with Crippen LogP contribution in [0.3, 0.4) is 0 Å². The standard InChI is InChI=1S/C40H34N2O4S2/c1-4-42-36-20-16-28(38(43)32-13-9-8-10-27(32)3)24-33(36)34-25-29(17-21-37(34)42)39(44)35(22-23-47-30-18-14-26(2)15-19-30)41-46-40(45)48-31-11-6-5-7-12-31/h5-21,24-25H,4,22-23H2,1-3H3/b41-35+. The lowest BCUT2D eigenvalue weighted by Crippen LogP contribution is -2.16. The van der Waals surface area contributed by atoms with Gasteiger partial charge in [0.1, 0.15) is 5.71 Å². The van der Waals surface area contributed by atoms with Crippen molar-refractivity contribution >= 4 is 67.9 Å². The molecule has 0 saturated carbocycles. The highest BCUT2D eigenvalue weighted by Crippen LogP contribution is 2.32. The molecule has 6 nitrogen and oxygen atoms in total. The summed E-state index contributed by atoms with van der Waals surface area (Å²) >= 11 is 2.52. The van der Waals surface area contributed by atoms with Gasteiger partial charge >= 0.3 is 5.30 Å². The molecule has 48 heavy (non-hydrogen) atoms. The number of rotatable bonds is 11. The average Bonchev–Trinajstić information content (AvgIpc) is 3.42. The van der Waals surface area contributed by atoms with E-state index in [1.165, 1.54) is 5.56 Å². The predicted octanol–water partition coefficient (Wildman–Crippen LogP) is 10.3. The molecule has 0 aliphatic carbocycles. The lowest BCUT2D eigenvalue weighted by Gasteiger charge is -2.08. The van der Waals surface area contributed by atoms with Gasteiger partial charge in [-0.25, -0.2) is 4.79 Å². The first-order chi connectivity index (χ1) is 23.3. The molecule has 1 heterocycles. The second kappa shape index (κ2) is 14.9. The number of aromatic nitrogens is 1. The summed E-state index contributed by atoms with van der Waals surface area (Å²) in [5, 5.41) is 5.25. The molecule has 6 rings (SSSR count). The molecule has 0 unspecified atom stereocenters. The van der Waals surface area contributed by atoms with Gasteiger partial charge in [-0.05, 0) is 98.8 Å². The number of nitrogens with zero attached hydrogens (tertiary/aromatic N) is 2. The van der Waals surface area contributed by atoms with Gasteiger partial charge in [0, 0.05) is 67.0 Å². The van der Waals surface area contributed by atoms with Crippen LogP contribution in [-0.2, 0) is 11.4 Å². The Bertz CT molecular complexity index is 2170. The van der Waals surface area contributed by atoms with Crippen LogP contribution >= 0.6 is 23.5 Å². The van der Waals surface area contributed by atoms with Crippen LogP contribution in [0, 0.1) is 13.8 Å². The van der Waals surface area contributed by atoms with Gasteiger partial charge in [-0.2, -0.15) is 0 Å². The maximum absolute atomic E-state index is 14.1. The first-order valence-corrected chi connectivity index (χ1v) is 17.5. The monoisotopic (exact) mass is 670 g/mol. The fourth-order valence-electron chi connectivity index (χ4n) is 5.67. The van der Waals surface area contributed by atoms with Crippen LogP contribution in [0.15, 0.2) is 130 Å². The molecule has 240 valence electrons. The summed E-state index contributed by atoms with van der Waals surface area (Å²) in [6.07, 6.45) is 0.296. The molecule has 1 aromatic heterocycles. The second-order valence-corrected chi connectivity index (χ2v) is 13.6. The van der Waals surface area contributed by atoms with E-state index in [0.717, 1.165) is 55.5 Å². The summed E-state index contributed by atoms with van der Waals surface area (Å²) in [6.45, 7) is 6.76. The number of benzene rings is 5. The first-order valence-electron chi connectivity index (χ1n) is 15.7. The Morgan fingerprint density at radius 2 is 1.38 bits per heavy atom. The Morgan fingerprint density at radius 3 is 2.06 bits per heavy atom. The number of fused-ring (bicyclic) bond motifs is 3. The predicted molar refractivity (Wildman–Crippen MR) is 197 cm³/mol. The molecule has 5 aromatic carbocycles. The number of ketones is 2. The third-order valence-corrected chi connectivity index (χ3v) is 9.92. The van der Waals surface area contributed by atoms with Crippen LogP contribution in [0.1, 0.15) is 50.8 Å². The summed E-state index contributed by atoms with van der Waals surface area (Å²) in [6, 6.07) is 36.3. The van der Waals surface area contributed by atoms with Crippen molar-refractivity contribution < 1.29 is 19.2 Å². The fourth-order valence-corrected chi connectivity index (χ4v) is 7.09. The Balaban J connectivity index is 1.33. The number of thioether (sulfide) groups is 2. The van der Waals surface area contributed by atoms with Gasteiger partial charge in [0.05, 0.1) is 0 Å². The molecule has 0 N–H and O–H groups in total. The molecular formula is C40H34N2O4S2. The molecule has 0 aliphatic heterocycles. The van der Waals surface area contributed by atoms with Crippen molar-refractivity contribution in [2.75, 3.05) is 5.75 Å². The summed E-state index contributed by atoms with van der Waals surface area (Å²) in [4.78, 5) is 47.3. The van der Waals surface area contributed by atoms with Gasteiger partial charge in [-0.1, -0.05) is 65.3 Å². The molecular weight excluding hydrogens is 637 g/mol. The molecule has 0 atom stereocenters. The van der Waals surface area contributed by atoms with E-state index < -0.39 is 5.30 Å². The lowest BCUT2D eigenvalue weighted by atomic mass is 9.97. The Labute approximate surface area is 288 Å². The van der Waals surface area contributed by atoms with E-state index in [-0.39, 0.29) is 17.3 Å². The highest BCUT2D eigenvalue weighted by molar-refractivity contribution is 8.13. The molecule has 0 amide bonds. The van der Waals surface area contributed by atoms with Crippen molar-refractivity contribution in [3.05, 3.63) is 143 Å². The first kappa shape index (κ1) is 33.0. The van der Waals surface area contributed by atoms with Crippen molar-refractivity contribution in [1.29, 1.82) is 0 Å². The minimum absolute atomic E-state index is 0.0460. The van der Waals surface area contributed by atoms with Gasteiger partial charge < -0.3 is 9.40 Å². The van der Waals surface area contributed by atoms with Crippen LogP contribution in [-0.4, -0.2) is 32.9 Å². The minimum Gasteiger partial charge on any atom is -0.341 e. The highest BCUT2D eigenvalue weighted by Gasteiger charge is 2.20. The van der Waals surface area contributed by atoms with Gasteiger partial charge in [0.2, 0.25) is 5.78 Å². The zero-order valence-electron chi connectivity index (χ0n) is 26.9. The van der Waals surface area contributed by atoms with E-state index in [1.807, 2.05) is 123 Å². The number of hydrogen-bond donors (Lipinski definition) is 0. The van der Waals surface area contributed by atoms with Crippen LogP contribution in [0.2, 0.25) is 0 Å². The van der Waals surface area contributed by atoms with E-state index in [9.17, 15) is 14.4 Å². The molecule has 0 spiro atoms. The van der Waals surface area contributed by atoms with Crippen LogP contribution < -0.4 is 0 Å². The number of carbonyl (C=O) groups excluding carboxylic acids is 3. The van der Waals surface area contributed by atoms with E-state index in [1.54, 1.807) is 17.8 Å². The molecule has 0 fully saturated rings. The summed E-state index contributed by atoms with van der Waals surface area (Å²) in [7, 11) is 0. The quantitative estimate of drug-likeness (QED) is 0.0449. The zero-order valence-corrected chi connectivity index (χ0v) is 28.6. The van der Waals surface area contributed by atoms with Crippen LogP contribution in [0.5, 0.6) is 0 Å². The molecule has 6 aromatic rings. The van der Waals surface area contributed by atoms with Crippen molar-refractivity contribution in [2.45, 2.75) is 43.5 Å². The Hall–Kier alpha value is -4.92. The maximum atomic E-state index is 14.1. The minimum atomic E-state index is -0.620. The third kappa shape index (κ3) is 7.30. The second-order valence-electron chi connectivity index (χ2n) is 11.4. The van der Waals surface area contributed by atoms with Crippen LogP contribution in [0.25, 0.3) is 21.8 Å². The maximum Gasteiger partial charge on any atom is 0.398 e. The summed E-state index contributed by atoms with van der Waals surface area (Å²) < 4.78 is 2.18. The summed E-state index contributed by atoms with van der Waals surface area (Å²) in [5.41, 5.74) is 5.87. The normalized spacial score (nSPS) is 11.6. The van der Waals surface area contributed by atoms with Crippen molar-refractivity contribution in [3.8, 4) is 0 Å². The fraction of sp³-hybridized carbons (Fsp3) is 0.150. The third-order valence-electron chi connectivity index (χ3n) is 8.16. The van der Waals surface area contributed by atoms with Crippen molar-refractivity contribution in [3.63, 3.8) is 0 Å². The Morgan fingerprint density at radius 1 is 0.729 bits per heavy atom. The van der Waals surface area contributed by atoms with Gasteiger partial charge in [-0.3, -0.25) is 9.59 Å². The molecule has 0 aliphatic rings. The number of Topliss-reactive ketones (excluding diaryl/α,β-unsaturated/α-hetero) is 1. The van der Waals surface area contributed by atoms with E-state index in [2.05, 4.69) is 16.6 Å². The number of aryl methyl sites for hydroxylation is 3. The topological polar surface area (TPSA) is 77.7 Å². The largest absolute Gasteiger partial charge is 0.398 e. The summed E-state index contributed by atoms with van der Waals surface area (Å²) in [5.74, 6) is 0.206. The number of carbonyl (C=O) groups is 3. The van der Waals surface area contributed by atoms with Gasteiger partial charge in [-0.15, -0.1) is 11.8 Å². The highest BCUT2D eigenvalue weighted by atomic mass is 32.2. The smallest absolute Gasteiger partial charge is 0.341 e. The van der Waals surface area contributed by atoms with Gasteiger partial charge in [0.15, 0.2) is 5.78 Å². The van der Waals surface area contributed by atoms with Gasteiger partial charge in [0.25, 0.3) is 0 Å². The molecule has 0 radical (unpaired) electrons. The Kier molecular flexibility index (Phi) is 10.2. The molecule has 0 bridgehead atoms. The molecule has 0 saturated heterocycles. The van der Waals surface area contributed by atoms with Crippen molar-refractivity contribution in [2.24, 2.45) is 5.16 Å². The van der Waals surface area contributed by atoms with E-state index in [4.69, 9.17) is 4.84 Å². The average molecular weight is 671 g/mol. The zero-order chi connectivity index (χ0) is 33.6. The lowest BCUT2D eigenvalue weighted by molar-refractivity contribution is 0.103. The molecule has 8 heteroatoms. The number of oxime groups is 1. The van der Waals surface area contributed by atoms with Crippen LogP contribution in [0.4, 0.5) is 4.79 Å².